The summed E-state index contributed by atoms with van der Waals surface area (Å²) in [6.07, 6.45) is 1.45. The van der Waals surface area contributed by atoms with Crippen LogP contribution in [0.2, 0.25) is 5.02 Å². The summed E-state index contributed by atoms with van der Waals surface area (Å²) in [5.74, 6) is 0.437. The molecule has 0 radical (unpaired) electrons. The zero-order valence-electron chi connectivity index (χ0n) is 16.6. The second-order valence-electron chi connectivity index (χ2n) is 7.89. The van der Waals surface area contributed by atoms with Gasteiger partial charge in [0.2, 0.25) is 0 Å². The second kappa shape index (κ2) is 7.61. The maximum absolute atomic E-state index is 12.8. The molecule has 4 rings (SSSR count). The zero-order chi connectivity index (χ0) is 20.6. The topological polar surface area (TPSA) is 85.2 Å². The number of nitrogens with zero attached hydrogens (tertiary/aromatic N) is 5. The van der Waals surface area contributed by atoms with Gasteiger partial charge < -0.3 is 9.64 Å². The van der Waals surface area contributed by atoms with E-state index in [1.54, 1.807) is 4.90 Å². The van der Waals surface area contributed by atoms with Crippen molar-refractivity contribution in [1.29, 1.82) is 0 Å². The average molecular weight is 415 g/mol. The maximum atomic E-state index is 12.8. The number of urea groups is 1. The number of hydrogen-bond acceptors (Lipinski definition) is 5. The highest BCUT2D eigenvalue weighted by Crippen LogP contribution is 2.34. The molecule has 0 aliphatic carbocycles. The van der Waals surface area contributed by atoms with Crippen LogP contribution in [-0.2, 0) is 10.3 Å². The number of ether oxygens (including phenoxy) is 1. The fourth-order valence-corrected chi connectivity index (χ4v) is 3.40. The molecule has 3 aromatic rings. The first-order valence-electron chi connectivity index (χ1n) is 9.48. The predicted molar refractivity (Wildman–Crippen MR) is 112 cm³/mol. The van der Waals surface area contributed by atoms with Gasteiger partial charge in [0, 0.05) is 23.7 Å². The highest BCUT2D eigenvalue weighted by molar-refractivity contribution is 6.30. The molecule has 1 aliphatic rings. The lowest BCUT2D eigenvalue weighted by Gasteiger charge is -2.26. The minimum Gasteiger partial charge on any atom is -0.378 e. The van der Waals surface area contributed by atoms with Crippen LogP contribution >= 0.6 is 11.6 Å². The molecule has 0 spiro atoms. The molecule has 8 nitrogen and oxygen atoms in total. The molecule has 0 atom stereocenters. The van der Waals surface area contributed by atoms with E-state index in [-0.39, 0.29) is 11.6 Å². The first kappa shape index (κ1) is 19.6. The Balaban J connectivity index is 1.83. The normalized spacial score (nSPS) is 15.0. The molecule has 1 aromatic carbocycles. The number of carbonyl (C=O) groups is 1. The fraction of sp³-hybridized carbons (Fsp3) is 0.400. The van der Waals surface area contributed by atoms with Crippen LogP contribution in [-0.4, -0.2) is 57.0 Å². The Morgan fingerprint density at radius 2 is 1.83 bits per heavy atom. The van der Waals surface area contributed by atoms with Gasteiger partial charge in [0.1, 0.15) is 17.8 Å². The van der Waals surface area contributed by atoms with E-state index in [0.29, 0.717) is 53.9 Å². The predicted octanol–water partition coefficient (Wildman–Crippen LogP) is 3.77. The average Bonchev–Trinajstić information content (AvgIpc) is 3.10. The van der Waals surface area contributed by atoms with Crippen LogP contribution in [0.5, 0.6) is 0 Å². The van der Waals surface area contributed by atoms with Gasteiger partial charge in [-0.15, -0.1) is 0 Å². The number of carbonyl (C=O) groups excluding carboxylic acids is 1. The Kier molecular flexibility index (Phi) is 5.14. The van der Waals surface area contributed by atoms with Crippen LogP contribution in [0.4, 0.5) is 10.6 Å². The number of hydrogen-bond donors (Lipinski definition) is 1. The van der Waals surface area contributed by atoms with Crippen molar-refractivity contribution in [3.05, 3.63) is 35.6 Å². The molecule has 9 heteroatoms. The molecule has 1 N–H and O–H groups in total. The van der Waals surface area contributed by atoms with Crippen molar-refractivity contribution in [3.8, 4) is 11.3 Å². The SMILES string of the molecule is CC(C)(C)n1nc(-c2ccc(Cl)cc2)c2c(NC(=O)N3CCOCC3)ncnc21. The molecule has 2 aromatic heterocycles. The van der Waals surface area contributed by atoms with Crippen molar-refractivity contribution in [2.75, 3.05) is 31.6 Å². The monoisotopic (exact) mass is 414 g/mol. The highest BCUT2D eigenvalue weighted by atomic mass is 35.5. The van der Waals surface area contributed by atoms with Gasteiger partial charge in [0.15, 0.2) is 5.65 Å². The molecule has 2 amide bonds. The Labute approximate surface area is 173 Å². The Hall–Kier alpha value is -2.71. The number of nitrogens with one attached hydrogen (secondary N) is 1. The summed E-state index contributed by atoms with van der Waals surface area (Å²) in [6.45, 7) is 8.32. The molecule has 1 saturated heterocycles. The summed E-state index contributed by atoms with van der Waals surface area (Å²) in [7, 11) is 0. The first-order valence-corrected chi connectivity index (χ1v) is 9.86. The van der Waals surface area contributed by atoms with Crippen LogP contribution in [0.3, 0.4) is 0 Å². The van der Waals surface area contributed by atoms with Gasteiger partial charge in [-0.3, -0.25) is 5.32 Å². The van der Waals surface area contributed by atoms with E-state index < -0.39 is 0 Å². The van der Waals surface area contributed by atoms with Crippen molar-refractivity contribution < 1.29 is 9.53 Å². The number of rotatable bonds is 2. The molecule has 0 bridgehead atoms. The summed E-state index contributed by atoms with van der Waals surface area (Å²) in [5, 5.41) is 9.11. The number of amides is 2. The van der Waals surface area contributed by atoms with Crippen molar-refractivity contribution in [3.63, 3.8) is 0 Å². The maximum Gasteiger partial charge on any atom is 0.323 e. The minimum atomic E-state index is -0.303. The standard InChI is InChI=1S/C20H23ClN6O2/c1-20(2,3)27-18-15(16(25-27)13-4-6-14(21)7-5-13)17(22-12-23-18)24-19(28)26-8-10-29-11-9-26/h4-7,12H,8-11H2,1-3H3,(H,22,23,24,28). The smallest absolute Gasteiger partial charge is 0.323 e. The third kappa shape index (κ3) is 3.90. The lowest BCUT2D eigenvalue weighted by molar-refractivity contribution is 0.0564. The van der Waals surface area contributed by atoms with Crippen molar-refractivity contribution >= 4 is 34.5 Å². The van der Waals surface area contributed by atoms with Crippen LogP contribution in [0.1, 0.15) is 20.8 Å². The molecule has 0 saturated carbocycles. The van der Waals surface area contributed by atoms with Crippen molar-refractivity contribution in [2.24, 2.45) is 0 Å². The number of halogens is 1. The van der Waals surface area contributed by atoms with Crippen LogP contribution in [0.15, 0.2) is 30.6 Å². The molecule has 1 aliphatic heterocycles. The molecule has 152 valence electrons. The number of aromatic nitrogens is 4. The van der Waals surface area contributed by atoms with E-state index >= 15 is 0 Å². The third-order valence-corrected chi connectivity index (χ3v) is 4.99. The van der Waals surface area contributed by atoms with Crippen LogP contribution < -0.4 is 5.32 Å². The van der Waals surface area contributed by atoms with E-state index in [0.717, 1.165) is 5.56 Å². The molecular weight excluding hydrogens is 392 g/mol. The third-order valence-electron chi connectivity index (χ3n) is 4.74. The summed E-state index contributed by atoms with van der Waals surface area (Å²) in [6, 6.07) is 7.22. The second-order valence-corrected chi connectivity index (χ2v) is 8.33. The fourth-order valence-electron chi connectivity index (χ4n) is 3.27. The molecular formula is C20H23ClN6O2. The van der Waals surface area contributed by atoms with E-state index in [4.69, 9.17) is 21.4 Å². The summed E-state index contributed by atoms with van der Waals surface area (Å²) >= 11 is 6.06. The van der Waals surface area contributed by atoms with E-state index in [1.807, 2.05) is 28.9 Å². The Bertz CT molecular complexity index is 1040. The van der Waals surface area contributed by atoms with Gasteiger partial charge in [-0.25, -0.2) is 19.4 Å². The quantitative estimate of drug-likeness (QED) is 0.690. The number of morpholine rings is 1. The van der Waals surface area contributed by atoms with Crippen molar-refractivity contribution in [2.45, 2.75) is 26.3 Å². The largest absolute Gasteiger partial charge is 0.378 e. The first-order chi connectivity index (χ1) is 13.8. The Morgan fingerprint density at radius 1 is 1.14 bits per heavy atom. The molecule has 29 heavy (non-hydrogen) atoms. The molecule has 1 fully saturated rings. The Morgan fingerprint density at radius 3 is 2.48 bits per heavy atom. The summed E-state index contributed by atoms with van der Waals surface area (Å²) in [4.78, 5) is 23.3. The van der Waals surface area contributed by atoms with Gasteiger partial charge in [0.05, 0.1) is 24.1 Å². The molecule has 0 unspecified atom stereocenters. The van der Waals surface area contributed by atoms with Gasteiger partial charge in [-0.05, 0) is 32.9 Å². The summed E-state index contributed by atoms with van der Waals surface area (Å²) in [5.41, 5.74) is 1.93. The van der Waals surface area contributed by atoms with Gasteiger partial charge in [0.25, 0.3) is 0 Å². The number of benzene rings is 1. The lowest BCUT2D eigenvalue weighted by Crippen LogP contribution is -2.43. The van der Waals surface area contributed by atoms with E-state index in [1.165, 1.54) is 6.33 Å². The number of anilines is 1. The molecule has 3 heterocycles. The van der Waals surface area contributed by atoms with Gasteiger partial charge in [-0.1, -0.05) is 23.7 Å². The number of fused-ring (bicyclic) bond motifs is 1. The van der Waals surface area contributed by atoms with Gasteiger partial charge in [-0.2, -0.15) is 5.10 Å². The zero-order valence-corrected chi connectivity index (χ0v) is 17.4. The minimum absolute atomic E-state index is 0.209. The summed E-state index contributed by atoms with van der Waals surface area (Å²) < 4.78 is 7.19. The van der Waals surface area contributed by atoms with E-state index in [9.17, 15) is 4.79 Å². The van der Waals surface area contributed by atoms with Gasteiger partial charge >= 0.3 is 6.03 Å². The van der Waals surface area contributed by atoms with Crippen molar-refractivity contribution in [1.82, 2.24) is 24.6 Å². The van der Waals surface area contributed by atoms with E-state index in [2.05, 4.69) is 36.1 Å². The van der Waals surface area contributed by atoms with Crippen LogP contribution in [0.25, 0.3) is 22.3 Å². The highest BCUT2D eigenvalue weighted by Gasteiger charge is 2.26. The lowest BCUT2D eigenvalue weighted by atomic mass is 10.1. The van der Waals surface area contributed by atoms with Crippen LogP contribution in [0, 0.1) is 0 Å².